The molecule has 5 heteroatoms. The summed E-state index contributed by atoms with van der Waals surface area (Å²) in [5, 5.41) is 0.814. The zero-order valence-electron chi connectivity index (χ0n) is 12.3. The Morgan fingerprint density at radius 2 is 2.14 bits per heavy atom. The lowest BCUT2D eigenvalue weighted by molar-refractivity contribution is -0.145. The van der Waals surface area contributed by atoms with Crippen LogP contribution in [0.25, 0.3) is 10.9 Å². The largest absolute Gasteiger partial charge is 0.462 e. The van der Waals surface area contributed by atoms with Crippen LogP contribution in [0.3, 0.4) is 0 Å². The van der Waals surface area contributed by atoms with Crippen LogP contribution in [0.15, 0.2) is 30.5 Å². The average Bonchev–Trinajstić information content (AvgIpc) is 2.94. The van der Waals surface area contributed by atoms with Gasteiger partial charge in [0.05, 0.1) is 5.56 Å². The fourth-order valence-electron chi connectivity index (χ4n) is 2.59. The quantitative estimate of drug-likeness (QED) is 0.795. The maximum Gasteiger partial charge on any atom is 0.348 e. The van der Waals surface area contributed by atoms with Crippen LogP contribution in [0.2, 0.25) is 0 Å². The minimum absolute atomic E-state index is 0.263. The Balaban J connectivity index is 1.93. The van der Waals surface area contributed by atoms with Crippen LogP contribution in [-0.2, 0) is 21.3 Å². The Hall–Kier alpha value is -2.30. The molecule has 2 heterocycles. The van der Waals surface area contributed by atoms with E-state index < -0.39 is 23.5 Å². The van der Waals surface area contributed by atoms with E-state index >= 15 is 0 Å². The highest BCUT2D eigenvalue weighted by Gasteiger charge is 2.46. The zero-order valence-corrected chi connectivity index (χ0v) is 12.3. The summed E-state index contributed by atoms with van der Waals surface area (Å²) in [7, 11) is 1.91. The number of cyclic esters (lactones) is 1. The molecule has 1 fully saturated rings. The topological polar surface area (TPSA) is 57.5 Å². The van der Waals surface area contributed by atoms with Gasteiger partial charge in [-0.3, -0.25) is 0 Å². The van der Waals surface area contributed by atoms with E-state index in [0.29, 0.717) is 5.56 Å². The Morgan fingerprint density at radius 1 is 1.38 bits per heavy atom. The van der Waals surface area contributed by atoms with Gasteiger partial charge in [0.2, 0.25) is 6.10 Å². The van der Waals surface area contributed by atoms with E-state index in [4.69, 9.17) is 9.47 Å². The maximum atomic E-state index is 12.4. The molecule has 3 rings (SSSR count). The second kappa shape index (κ2) is 4.62. The molecule has 0 radical (unpaired) electrons. The van der Waals surface area contributed by atoms with Gasteiger partial charge in [-0.25, -0.2) is 9.59 Å². The van der Waals surface area contributed by atoms with Crippen LogP contribution < -0.4 is 0 Å². The zero-order chi connectivity index (χ0) is 15.2. The summed E-state index contributed by atoms with van der Waals surface area (Å²) in [5.74, 6) is -0.975. The number of fused-ring (bicyclic) bond motifs is 1. The monoisotopic (exact) mass is 287 g/mol. The first-order valence-electron chi connectivity index (χ1n) is 6.82. The molecular formula is C16H17NO4. The first kappa shape index (κ1) is 13.7. The number of aryl methyl sites for hydroxylation is 1. The number of nitrogens with zero attached hydrogens (tertiary/aromatic N) is 1. The minimum Gasteiger partial charge on any atom is -0.462 e. The molecule has 1 aliphatic rings. The molecule has 1 aromatic heterocycles. The summed E-state index contributed by atoms with van der Waals surface area (Å²) in [6, 6.07) is 7.30. The molecule has 1 atom stereocenters. The van der Waals surface area contributed by atoms with Crippen molar-refractivity contribution < 1.29 is 19.1 Å². The number of rotatable bonds is 2. The van der Waals surface area contributed by atoms with Gasteiger partial charge in [0.25, 0.3) is 0 Å². The van der Waals surface area contributed by atoms with Gasteiger partial charge in [0.15, 0.2) is 0 Å². The van der Waals surface area contributed by atoms with Crippen molar-refractivity contribution in [2.24, 2.45) is 12.5 Å². The van der Waals surface area contributed by atoms with Crippen molar-refractivity contribution in [3.63, 3.8) is 0 Å². The molecule has 21 heavy (non-hydrogen) atoms. The van der Waals surface area contributed by atoms with Crippen molar-refractivity contribution in [3.8, 4) is 0 Å². The number of hydrogen-bond donors (Lipinski definition) is 0. The lowest BCUT2D eigenvalue weighted by Gasteiger charge is -2.21. The average molecular weight is 287 g/mol. The third kappa shape index (κ3) is 2.18. The van der Waals surface area contributed by atoms with E-state index in [0.717, 1.165) is 10.9 Å². The Kier molecular flexibility index (Phi) is 3.01. The van der Waals surface area contributed by atoms with E-state index in [1.807, 2.05) is 43.8 Å². The van der Waals surface area contributed by atoms with E-state index in [1.165, 1.54) is 0 Å². The smallest absolute Gasteiger partial charge is 0.348 e. The fraction of sp³-hybridized carbons (Fsp3) is 0.375. The first-order valence-corrected chi connectivity index (χ1v) is 6.82. The maximum absolute atomic E-state index is 12.4. The fourth-order valence-corrected chi connectivity index (χ4v) is 2.59. The summed E-state index contributed by atoms with van der Waals surface area (Å²) in [4.78, 5) is 24.1. The van der Waals surface area contributed by atoms with Gasteiger partial charge in [-0.15, -0.1) is 0 Å². The van der Waals surface area contributed by atoms with Gasteiger partial charge in [-0.2, -0.15) is 0 Å². The summed E-state index contributed by atoms with van der Waals surface area (Å²) in [6.07, 6.45) is 1.03. The second-order valence-electron chi connectivity index (χ2n) is 6.05. The van der Waals surface area contributed by atoms with Crippen LogP contribution in [-0.4, -0.2) is 29.2 Å². The molecule has 2 aromatic rings. The number of carbonyl (C=O) groups excluding carboxylic acids is 2. The van der Waals surface area contributed by atoms with Gasteiger partial charge in [0.1, 0.15) is 6.61 Å². The predicted molar refractivity (Wildman–Crippen MR) is 76.9 cm³/mol. The highest BCUT2D eigenvalue weighted by Crippen LogP contribution is 2.32. The lowest BCUT2D eigenvalue weighted by atomic mass is 9.90. The van der Waals surface area contributed by atoms with Crippen molar-refractivity contribution >= 4 is 22.8 Å². The standard InChI is InChI=1S/C16H17NO4/c1-16(2)9-20-15(19)13(16)21-14(18)11-5-4-6-12-10(11)7-8-17(12)3/h4-8,13H,9H2,1-3H3/t13-/m0/s1. The molecule has 0 bridgehead atoms. The molecular weight excluding hydrogens is 270 g/mol. The molecule has 0 spiro atoms. The van der Waals surface area contributed by atoms with Crippen molar-refractivity contribution in [3.05, 3.63) is 36.0 Å². The summed E-state index contributed by atoms with van der Waals surface area (Å²) >= 11 is 0. The van der Waals surface area contributed by atoms with Crippen molar-refractivity contribution in [1.82, 2.24) is 4.57 Å². The van der Waals surface area contributed by atoms with E-state index in [1.54, 1.807) is 12.1 Å². The van der Waals surface area contributed by atoms with Crippen LogP contribution in [0.5, 0.6) is 0 Å². The number of esters is 2. The Morgan fingerprint density at radius 3 is 2.81 bits per heavy atom. The molecule has 5 nitrogen and oxygen atoms in total. The number of benzene rings is 1. The van der Waals surface area contributed by atoms with Gasteiger partial charge >= 0.3 is 11.9 Å². The van der Waals surface area contributed by atoms with E-state index in [2.05, 4.69) is 0 Å². The van der Waals surface area contributed by atoms with Crippen LogP contribution in [0, 0.1) is 5.41 Å². The molecule has 0 N–H and O–H groups in total. The third-order valence-electron chi connectivity index (χ3n) is 3.88. The molecule has 110 valence electrons. The second-order valence-corrected chi connectivity index (χ2v) is 6.05. The molecule has 0 aliphatic carbocycles. The summed E-state index contributed by atoms with van der Waals surface area (Å²) in [6.45, 7) is 3.96. The number of aromatic nitrogens is 1. The Bertz CT molecular complexity index is 729. The number of hydrogen-bond acceptors (Lipinski definition) is 4. The summed E-state index contributed by atoms with van der Waals surface area (Å²) in [5.41, 5.74) is 0.901. The van der Waals surface area contributed by atoms with E-state index in [-0.39, 0.29) is 6.61 Å². The van der Waals surface area contributed by atoms with Crippen LogP contribution in [0.1, 0.15) is 24.2 Å². The number of ether oxygens (including phenoxy) is 2. The molecule has 1 aromatic carbocycles. The third-order valence-corrected chi connectivity index (χ3v) is 3.88. The van der Waals surface area contributed by atoms with Crippen molar-refractivity contribution in [1.29, 1.82) is 0 Å². The number of carbonyl (C=O) groups is 2. The molecule has 0 amide bonds. The molecule has 0 unspecified atom stereocenters. The lowest BCUT2D eigenvalue weighted by Crippen LogP contribution is -2.35. The van der Waals surface area contributed by atoms with E-state index in [9.17, 15) is 9.59 Å². The first-order chi connectivity index (χ1) is 9.90. The predicted octanol–water partition coefficient (Wildman–Crippen LogP) is 2.29. The minimum atomic E-state index is -0.857. The highest BCUT2D eigenvalue weighted by atomic mass is 16.6. The normalized spacial score (nSPS) is 20.5. The molecule has 1 aliphatic heterocycles. The SMILES string of the molecule is Cn1ccc2c(C(=O)O[C@H]3C(=O)OCC3(C)C)cccc21. The van der Waals surface area contributed by atoms with Gasteiger partial charge in [0, 0.05) is 29.6 Å². The van der Waals surface area contributed by atoms with Gasteiger partial charge in [-0.1, -0.05) is 19.9 Å². The van der Waals surface area contributed by atoms with Crippen LogP contribution >= 0.6 is 0 Å². The Labute approximate surface area is 122 Å². The summed E-state index contributed by atoms with van der Waals surface area (Å²) < 4.78 is 12.3. The molecule has 0 saturated carbocycles. The van der Waals surface area contributed by atoms with Crippen LogP contribution in [0.4, 0.5) is 0 Å². The molecule has 1 saturated heterocycles. The highest BCUT2D eigenvalue weighted by molar-refractivity contribution is 6.04. The van der Waals surface area contributed by atoms with Crippen molar-refractivity contribution in [2.75, 3.05) is 6.61 Å². The van der Waals surface area contributed by atoms with Crippen molar-refractivity contribution in [2.45, 2.75) is 20.0 Å². The van der Waals surface area contributed by atoms with Gasteiger partial charge in [-0.05, 0) is 18.2 Å². The van der Waals surface area contributed by atoms with Gasteiger partial charge < -0.3 is 14.0 Å².